The summed E-state index contributed by atoms with van der Waals surface area (Å²) >= 11 is 0. The van der Waals surface area contributed by atoms with Crippen molar-refractivity contribution in [1.82, 2.24) is 0 Å². The van der Waals surface area contributed by atoms with Crippen LogP contribution in [0.2, 0.25) is 0 Å². The lowest BCUT2D eigenvalue weighted by Crippen LogP contribution is -2.28. The van der Waals surface area contributed by atoms with Crippen LogP contribution in [0.25, 0.3) is 0 Å². The van der Waals surface area contributed by atoms with E-state index in [1.165, 1.54) is 6.92 Å². The number of aliphatic hydroxyl groups excluding tert-OH is 3. The maximum Gasteiger partial charge on any atom is 0.206 e. The van der Waals surface area contributed by atoms with Crippen LogP contribution in [0.3, 0.4) is 0 Å². The van der Waals surface area contributed by atoms with Gasteiger partial charge >= 0.3 is 0 Å². The van der Waals surface area contributed by atoms with E-state index >= 15 is 0 Å². The molecule has 0 spiro atoms. The Morgan fingerprint density at radius 2 is 1.41 bits per heavy atom. The van der Waals surface area contributed by atoms with Crippen molar-refractivity contribution in [3.8, 4) is 0 Å². The molecule has 0 aliphatic rings. The fourth-order valence-corrected chi connectivity index (χ4v) is 2.38. The molecule has 27 heavy (non-hydrogen) atoms. The van der Waals surface area contributed by atoms with Gasteiger partial charge in [-0.3, -0.25) is 0 Å². The fraction of sp³-hybridized carbons (Fsp3) is 1.00. The molecule has 0 rings (SSSR count). The van der Waals surface area contributed by atoms with Crippen LogP contribution in [-0.4, -0.2) is 85.7 Å². The van der Waals surface area contributed by atoms with Gasteiger partial charge in [0, 0.05) is 26.2 Å². The Kier molecular flexibility index (Phi) is 15.4. The van der Waals surface area contributed by atoms with Crippen molar-refractivity contribution in [3.05, 3.63) is 0 Å². The average Bonchev–Trinajstić information content (AvgIpc) is 2.60. The minimum Gasteiger partial charge on any atom is -0.396 e. The lowest BCUT2D eigenvalue weighted by Gasteiger charge is -2.26. The number of halogens is 1. The van der Waals surface area contributed by atoms with E-state index in [1.807, 2.05) is 13.8 Å². The predicted octanol–water partition coefficient (Wildman–Crippen LogP) is 1.81. The monoisotopic (exact) mass is 398 g/mol. The molecule has 2 unspecified atom stereocenters. The van der Waals surface area contributed by atoms with Crippen molar-refractivity contribution in [1.29, 1.82) is 0 Å². The summed E-state index contributed by atoms with van der Waals surface area (Å²) in [5.41, 5.74) is -0.318. The van der Waals surface area contributed by atoms with E-state index in [-0.39, 0.29) is 51.7 Å². The number of hydrogen-bond acceptors (Lipinski definition) is 7. The van der Waals surface area contributed by atoms with Crippen molar-refractivity contribution < 1.29 is 38.7 Å². The second kappa shape index (κ2) is 15.6. The molecule has 0 saturated heterocycles. The number of ether oxygens (including phenoxy) is 4. The SMILES string of the molecule is CC(C)(CCCO)OCCCC(C)(F)OCCCOCC(O)COCCO. The normalized spacial score (nSPS) is 15.7. The third-order valence-corrected chi connectivity index (χ3v) is 3.89. The summed E-state index contributed by atoms with van der Waals surface area (Å²) in [6.45, 7) is 6.85. The molecular formula is C19H39FO7. The molecule has 3 N–H and O–H groups in total. The Labute approximate surface area is 162 Å². The van der Waals surface area contributed by atoms with E-state index in [4.69, 9.17) is 29.2 Å². The van der Waals surface area contributed by atoms with Crippen LogP contribution in [0.4, 0.5) is 4.39 Å². The maximum atomic E-state index is 14.3. The van der Waals surface area contributed by atoms with Crippen LogP contribution in [0.15, 0.2) is 0 Å². The number of rotatable bonds is 19. The maximum absolute atomic E-state index is 14.3. The van der Waals surface area contributed by atoms with Gasteiger partial charge in [0.15, 0.2) is 0 Å². The van der Waals surface area contributed by atoms with Crippen LogP contribution in [0.5, 0.6) is 0 Å². The first-order chi connectivity index (χ1) is 12.7. The Morgan fingerprint density at radius 3 is 2.04 bits per heavy atom. The molecule has 0 heterocycles. The van der Waals surface area contributed by atoms with Crippen molar-refractivity contribution in [3.63, 3.8) is 0 Å². The summed E-state index contributed by atoms with van der Waals surface area (Å²) in [5.74, 6) is -1.71. The van der Waals surface area contributed by atoms with Gasteiger partial charge < -0.3 is 34.3 Å². The minimum absolute atomic E-state index is 0.0828. The largest absolute Gasteiger partial charge is 0.396 e. The van der Waals surface area contributed by atoms with Gasteiger partial charge in [-0.15, -0.1) is 0 Å². The van der Waals surface area contributed by atoms with E-state index < -0.39 is 12.0 Å². The van der Waals surface area contributed by atoms with Gasteiger partial charge in [-0.1, -0.05) is 0 Å². The van der Waals surface area contributed by atoms with Gasteiger partial charge in [0.2, 0.25) is 5.85 Å². The molecule has 0 radical (unpaired) electrons. The molecule has 164 valence electrons. The van der Waals surface area contributed by atoms with Gasteiger partial charge in [-0.25, -0.2) is 4.39 Å². The third kappa shape index (κ3) is 17.5. The van der Waals surface area contributed by atoms with Crippen LogP contribution in [0, 0.1) is 0 Å². The molecule has 0 aliphatic heterocycles. The van der Waals surface area contributed by atoms with Gasteiger partial charge in [-0.2, -0.15) is 0 Å². The topological polar surface area (TPSA) is 97.6 Å². The molecule has 0 fully saturated rings. The molecule has 0 amide bonds. The summed E-state index contributed by atoms with van der Waals surface area (Å²) in [7, 11) is 0. The molecule has 0 aliphatic carbocycles. The summed E-state index contributed by atoms with van der Waals surface area (Å²) in [6.07, 6.45) is 2.01. The Hall–Kier alpha value is -0.350. The Morgan fingerprint density at radius 1 is 0.778 bits per heavy atom. The Balaban J connectivity index is 3.65. The molecule has 2 atom stereocenters. The third-order valence-electron chi connectivity index (χ3n) is 3.89. The lowest BCUT2D eigenvalue weighted by molar-refractivity contribution is -0.144. The first-order valence-electron chi connectivity index (χ1n) is 9.74. The highest BCUT2D eigenvalue weighted by molar-refractivity contribution is 4.69. The van der Waals surface area contributed by atoms with E-state index in [9.17, 15) is 9.50 Å². The molecule has 7 nitrogen and oxygen atoms in total. The molecule has 0 aromatic carbocycles. The number of hydrogen-bond donors (Lipinski definition) is 3. The van der Waals surface area contributed by atoms with E-state index in [1.54, 1.807) is 0 Å². The van der Waals surface area contributed by atoms with E-state index in [0.717, 1.165) is 6.42 Å². The minimum atomic E-state index is -1.71. The summed E-state index contributed by atoms with van der Waals surface area (Å²) in [4.78, 5) is 0. The van der Waals surface area contributed by atoms with E-state index in [2.05, 4.69) is 0 Å². The zero-order valence-electron chi connectivity index (χ0n) is 17.1. The van der Waals surface area contributed by atoms with Crippen molar-refractivity contribution in [2.75, 3.05) is 52.9 Å². The van der Waals surface area contributed by atoms with Crippen molar-refractivity contribution in [2.45, 2.75) is 70.4 Å². The molecule has 0 aromatic heterocycles. The number of alkyl halides is 1. The van der Waals surface area contributed by atoms with Gasteiger partial charge in [0.1, 0.15) is 6.10 Å². The van der Waals surface area contributed by atoms with E-state index in [0.29, 0.717) is 32.5 Å². The van der Waals surface area contributed by atoms with Crippen molar-refractivity contribution in [2.24, 2.45) is 0 Å². The first kappa shape index (κ1) is 26.6. The van der Waals surface area contributed by atoms with Crippen LogP contribution in [0.1, 0.15) is 52.9 Å². The van der Waals surface area contributed by atoms with Gasteiger partial charge in [0.25, 0.3) is 0 Å². The van der Waals surface area contributed by atoms with Crippen LogP contribution >= 0.6 is 0 Å². The lowest BCUT2D eigenvalue weighted by atomic mass is 10.0. The highest BCUT2D eigenvalue weighted by atomic mass is 19.2. The first-order valence-corrected chi connectivity index (χ1v) is 9.74. The smallest absolute Gasteiger partial charge is 0.206 e. The van der Waals surface area contributed by atoms with Gasteiger partial charge in [0.05, 0.1) is 38.6 Å². The van der Waals surface area contributed by atoms with Crippen LogP contribution in [-0.2, 0) is 18.9 Å². The number of aliphatic hydroxyl groups is 3. The second-order valence-corrected chi connectivity index (χ2v) is 7.37. The molecule has 0 aromatic rings. The summed E-state index contributed by atoms with van der Waals surface area (Å²) in [6, 6.07) is 0. The standard InChI is InChI=1S/C19H39FO7/c1-18(2,7-4-9-21)26-12-5-8-19(3,20)27-13-6-11-24-15-17(23)16-25-14-10-22/h17,21-23H,4-16H2,1-3H3. The predicted molar refractivity (Wildman–Crippen MR) is 100 cm³/mol. The molecule has 0 bridgehead atoms. The Bertz CT molecular complexity index is 340. The molecule has 8 heteroatoms. The molecular weight excluding hydrogens is 359 g/mol. The quantitative estimate of drug-likeness (QED) is 0.286. The zero-order chi connectivity index (χ0) is 20.6. The fourth-order valence-electron chi connectivity index (χ4n) is 2.38. The summed E-state index contributed by atoms with van der Waals surface area (Å²) < 4.78 is 35.6. The van der Waals surface area contributed by atoms with Crippen LogP contribution < -0.4 is 0 Å². The van der Waals surface area contributed by atoms with Gasteiger partial charge in [-0.05, 0) is 46.5 Å². The second-order valence-electron chi connectivity index (χ2n) is 7.37. The molecule has 0 saturated carbocycles. The average molecular weight is 399 g/mol. The summed E-state index contributed by atoms with van der Waals surface area (Å²) in [5, 5.41) is 27.0. The van der Waals surface area contributed by atoms with Crippen molar-refractivity contribution >= 4 is 0 Å². The highest BCUT2D eigenvalue weighted by Gasteiger charge is 2.24. The highest BCUT2D eigenvalue weighted by Crippen LogP contribution is 2.22. The zero-order valence-corrected chi connectivity index (χ0v) is 17.1.